The largest absolute Gasteiger partial charge is 0.367 e. The molecule has 3 heterocycles. The number of aryl methyl sites for hydroxylation is 1. The molecule has 3 aromatic rings. The highest BCUT2D eigenvalue weighted by molar-refractivity contribution is 7.18. The molecule has 8 heteroatoms. The fourth-order valence-corrected chi connectivity index (χ4v) is 4.91. The molecule has 1 amide bonds. The van der Waals surface area contributed by atoms with Crippen LogP contribution in [-0.2, 0) is 22.6 Å². The van der Waals surface area contributed by atoms with E-state index in [-0.39, 0.29) is 12.0 Å². The fourth-order valence-electron chi connectivity index (χ4n) is 3.90. The van der Waals surface area contributed by atoms with Crippen molar-refractivity contribution in [2.75, 3.05) is 13.1 Å². The molecule has 1 saturated heterocycles. The molecule has 30 heavy (non-hydrogen) atoms. The molecule has 0 spiro atoms. The van der Waals surface area contributed by atoms with Gasteiger partial charge in [-0.2, -0.15) is 4.98 Å². The smallest absolute Gasteiger partial charge is 0.252 e. The van der Waals surface area contributed by atoms with Gasteiger partial charge < -0.3 is 14.2 Å². The maximum absolute atomic E-state index is 12.7. The van der Waals surface area contributed by atoms with Gasteiger partial charge in [0.2, 0.25) is 5.91 Å². The van der Waals surface area contributed by atoms with Gasteiger partial charge in [0.25, 0.3) is 5.89 Å². The third-order valence-corrected chi connectivity index (χ3v) is 6.82. The minimum atomic E-state index is 0.0308. The normalized spacial score (nSPS) is 19.5. The first-order valence-corrected chi connectivity index (χ1v) is 11.6. The van der Waals surface area contributed by atoms with Crippen LogP contribution in [0.1, 0.15) is 61.2 Å². The molecule has 0 N–H and O–H groups in total. The molecule has 158 valence electrons. The Morgan fingerprint density at radius 1 is 1.23 bits per heavy atom. The summed E-state index contributed by atoms with van der Waals surface area (Å²) in [4.78, 5) is 23.7. The Morgan fingerprint density at radius 3 is 3.00 bits per heavy atom. The zero-order chi connectivity index (χ0) is 20.3. The summed E-state index contributed by atoms with van der Waals surface area (Å²) in [6.07, 6.45) is 6.48. The van der Waals surface area contributed by atoms with Crippen LogP contribution in [0, 0.1) is 0 Å². The highest BCUT2D eigenvalue weighted by atomic mass is 32.1. The molecule has 2 fully saturated rings. The number of ether oxygens (including phenoxy) is 1. The average molecular weight is 427 g/mol. The molecule has 0 radical (unpaired) electrons. The number of rotatable bonds is 8. The molecule has 1 saturated carbocycles. The summed E-state index contributed by atoms with van der Waals surface area (Å²) in [6, 6.07) is 8.17. The van der Waals surface area contributed by atoms with Gasteiger partial charge in [-0.25, -0.2) is 4.98 Å². The van der Waals surface area contributed by atoms with Gasteiger partial charge in [-0.3, -0.25) is 4.79 Å². The van der Waals surface area contributed by atoms with E-state index in [4.69, 9.17) is 9.26 Å². The summed E-state index contributed by atoms with van der Waals surface area (Å²) in [6.45, 7) is 1.78. The number of fused-ring (bicyclic) bond motifs is 1. The number of aromatic nitrogens is 3. The number of carbonyl (C=O) groups excluding carboxylic acids is 1. The van der Waals surface area contributed by atoms with Crippen molar-refractivity contribution < 1.29 is 14.1 Å². The van der Waals surface area contributed by atoms with E-state index in [2.05, 4.69) is 21.2 Å². The lowest BCUT2D eigenvalue weighted by Gasteiger charge is -2.32. The predicted octanol–water partition coefficient (Wildman–Crippen LogP) is 4.09. The van der Waals surface area contributed by atoms with Crippen molar-refractivity contribution >= 4 is 27.5 Å². The molecule has 1 unspecified atom stereocenters. The van der Waals surface area contributed by atoms with Gasteiger partial charge in [0.1, 0.15) is 6.61 Å². The number of hydrogen-bond donors (Lipinski definition) is 0. The standard InChI is InChI=1S/C22H26N4O3S/c27-21(9-3-8-20-23-17-6-1-2-7-18(17)30-20)26-12-4-5-16(13-26)28-14-19-24-22(25-29-19)15-10-11-15/h1-2,6-7,15-16H,3-5,8-14H2. The fraction of sp³-hybridized carbons (Fsp3) is 0.545. The van der Waals surface area contributed by atoms with Gasteiger partial charge in [0.05, 0.1) is 21.3 Å². The Labute approximate surface area is 179 Å². The summed E-state index contributed by atoms with van der Waals surface area (Å²) in [5, 5.41) is 5.13. The number of hydrogen-bond acceptors (Lipinski definition) is 7. The molecular weight excluding hydrogens is 400 g/mol. The molecule has 1 atom stereocenters. The third-order valence-electron chi connectivity index (χ3n) is 5.72. The number of thiazole rings is 1. The van der Waals surface area contributed by atoms with E-state index in [1.165, 1.54) is 4.70 Å². The summed E-state index contributed by atoms with van der Waals surface area (Å²) in [5.74, 6) is 2.03. The number of likely N-dealkylation sites (tertiary alicyclic amines) is 1. The lowest BCUT2D eigenvalue weighted by atomic mass is 10.1. The van der Waals surface area contributed by atoms with Crippen molar-refractivity contribution in [3.8, 4) is 0 Å². The highest BCUT2D eigenvalue weighted by Crippen LogP contribution is 2.38. The number of nitrogens with zero attached hydrogens (tertiary/aromatic N) is 4. The van der Waals surface area contributed by atoms with Crippen LogP contribution in [-0.4, -0.2) is 45.1 Å². The molecule has 1 aromatic carbocycles. The van der Waals surface area contributed by atoms with E-state index < -0.39 is 0 Å². The Kier molecular flexibility index (Phi) is 5.77. The van der Waals surface area contributed by atoms with E-state index in [1.807, 2.05) is 23.1 Å². The summed E-state index contributed by atoms with van der Waals surface area (Å²) in [5.41, 5.74) is 1.05. The molecule has 7 nitrogen and oxygen atoms in total. The lowest BCUT2D eigenvalue weighted by Crippen LogP contribution is -2.43. The van der Waals surface area contributed by atoms with Crippen LogP contribution in [0.15, 0.2) is 28.8 Å². The third kappa shape index (κ3) is 4.70. The first kappa shape index (κ1) is 19.6. The SMILES string of the molecule is O=C(CCCc1nc2ccccc2s1)N1CCCC(OCc2nc(C3CC3)no2)C1. The van der Waals surface area contributed by atoms with Gasteiger partial charge in [0, 0.05) is 25.4 Å². The molecule has 1 aliphatic carbocycles. The lowest BCUT2D eigenvalue weighted by molar-refractivity contribution is -0.135. The average Bonchev–Trinajstić information content (AvgIpc) is 3.36. The van der Waals surface area contributed by atoms with Crippen molar-refractivity contribution in [1.29, 1.82) is 0 Å². The van der Waals surface area contributed by atoms with E-state index >= 15 is 0 Å². The minimum Gasteiger partial charge on any atom is -0.367 e. The number of benzene rings is 1. The van der Waals surface area contributed by atoms with Crippen LogP contribution in [0.5, 0.6) is 0 Å². The first-order chi connectivity index (χ1) is 14.7. The van der Waals surface area contributed by atoms with Crippen LogP contribution in [0.25, 0.3) is 10.2 Å². The molecule has 2 aliphatic rings. The van der Waals surface area contributed by atoms with E-state index in [1.54, 1.807) is 11.3 Å². The van der Waals surface area contributed by atoms with Crippen LogP contribution in [0.2, 0.25) is 0 Å². The van der Waals surface area contributed by atoms with E-state index in [9.17, 15) is 4.79 Å². The second-order valence-electron chi connectivity index (χ2n) is 8.16. The van der Waals surface area contributed by atoms with Crippen molar-refractivity contribution in [1.82, 2.24) is 20.0 Å². The van der Waals surface area contributed by atoms with Gasteiger partial charge in [-0.15, -0.1) is 11.3 Å². The van der Waals surface area contributed by atoms with E-state index in [0.717, 1.165) is 61.4 Å². The Morgan fingerprint density at radius 2 is 2.13 bits per heavy atom. The minimum absolute atomic E-state index is 0.0308. The van der Waals surface area contributed by atoms with Crippen molar-refractivity contribution in [2.45, 2.75) is 63.6 Å². The van der Waals surface area contributed by atoms with Gasteiger partial charge in [-0.05, 0) is 50.7 Å². The quantitative estimate of drug-likeness (QED) is 0.540. The van der Waals surface area contributed by atoms with Crippen LogP contribution in [0.3, 0.4) is 0 Å². The second-order valence-corrected chi connectivity index (χ2v) is 9.28. The number of para-hydroxylation sites is 1. The van der Waals surface area contributed by atoms with Crippen LogP contribution in [0.4, 0.5) is 0 Å². The first-order valence-electron chi connectivity index (χ1n) is 10.8. The molecular formula is C22H26N4O3S. The van der Waals surface area contributed by atoms with Gasteiger partial charge in [0.15, 0.2) is 5.82 Å². The number of piperidine rings is 1. The van der Waals surface area contributed by atoms with Crippen molar-refractivity contribution in [3.63, 3.8) is 0 Å². The maximum atomic E-state index is 12.7. The Balaban J connectivity index is 1.06. The summed E-state index contributed by atoms with van der Waals surface area (Å²) in [7, 11) is 0. The zero-order valence-corrected chi connectivity index (χ0v) is 17.8. The highest BCUT2D eigenvalue weighted by Gasteiger charge is 2.29. The Bertz CT molecular complexity index is 980. The summed E-state index contributed by atoms with van der Waals surface area (Å²) >= 11 is 1.72. The van der Waals surface area contributed by atoms with Gasteiger partial charge in [-0.1, -0.05) is 17.3 Å². The maximum Gasteiger partial charge on any atom is 0.252 e. The van der Waals surface area contributed by atoms with Crippen molar-refractivity contribution in [3.05, 3.63) is 41.0 Å². The Hall–Kier alpha value is -2.32. The molecule has 0 bridgehead atoms. The predicted molar refractivity (Wildman–Crippen MR) is 113 cm³/mol. The van der Waals surface area contributed by atoms with Crippen LogP contribution < -0.4 is 0 Å². The van der Waals surface area contributed by atoms with E-state index in [0.29, 0.717) is 31.4 Å². The zero-order valence-electron chi connectivity index (χ0n) is 17.0. The second kappa shape index (κ2) is 8.81. The number of carbonyl (C=O) groups is 1. The van der Waals surface area contributed by atoms with Crippen LogP contribution >= 0.6 is 11.3 Å². The monoisotopic (exact) mass is 426 g/mol. The topological polar surface area (TPSA) is 81.4 Å². The van der Waals surface area contributed by atoms with Crippen molar-refractivity contribution in [2.24, 2.45) is 0 Å². The molecule has 2 aromatic heterocycles. The molecule has 5 rings (SSSR count). The summed E-state index contributed by atoms with van der Waals surface area (Å²) < 4.78 is 12.5. The number of amides is 1. The molecule has 1 aliphatic heterocycles. The van der Waals surface area contributed by atoms with Gasteiger partial charge >= 0.3 is 0 Å².